The average Bonchev–Trinajstić information content (AvgIpc) is 2.37. The van der Waals surface area contributed by atoms with Crippen molar-refractivity contribution in [3.8, 4) is 0 Å². The molecule has 0 aliphatic carbocycles. The van der Waals surface area contributed by atoms with Gasteiger partial charge in [0.05, 0.1) is 23.1 Å². The van der Waals surface area contributed by atoms with Gasteiger partial charge >= 0.3 is 0 Å². The van der Waals surface area contributed by atoms with Crippen molar-refractivity contribution in [2.75, 3.05) is 37.3 Å². The Morgan fingerprint density at radius 2 is 1.85 bits per heavy atom. The Kier molecular flexibility index (Phi) is 4.59. The molecule has 0 spiro atoms. The van der Waals surface area contributed by atoms with Gasteiger partial charge in [-0.2, -0.15) is 4.31 Å². The molecule has 20 heavy (non-hydrogen) atoms. The SMILES string of the molecule is CC(O)c1ccc(N2CCN(S(C)(=O)=O)CC2)c(Cl)c1. The Bertz CT molecular complexity index is 581. The topological polar surface area (TPSA) is 60.9 Å². The molecule has 2 rings (SSSR count). The number of benzene rings is 1. The van der Waals surface area contributed by atoms with Gasteiger partial charge < -0.3 is 10.0 Å². The van der Waals surface area contributed by atoms with Crippen LogP contribution in [0.1, 0.15) is 18.6 Å². The summed E-state index contributed by atoms with van der Waals surface area (Å²) >= 11 is 6.25. The van der Waals surface area contributed by atoms with Crippen LogP contribution in [0.4, 0.5) is 5.69 Å². The standard InChI is InChI=1S/C13H19ClN2O3S/c1-10(17)11-3-4-13(12(14)9-11)15-5-7-16(8-6-15)20(2,18)19/h3-4,9-10,17H,5-8H2,1-2H3. The number of rotatable bonds is 3. The fourth-order valence-corrected chi connectivity index (χ4v) is 3.44. The molecule has 1 aromatic carbocycles. The van der Waals surface area contributed by atoms with E-state index in [1.54, 1.807) is 13.0 Å². The molecule has 1 N–H and O–H groups in total. The van der Waals surface area contributed by atoms with Crippen LogP contribution in [0.3, 0.4) is 0 Å². The Labute approximate surface area is 124 Å². The van der Waals surface area contributed by atoms with Crippen LogP contribution in [0.25, 0.3) is 0 Å². The van der Waals surface area contributed by atoms with Crippen LogP contribution >= 0.6 is 11.6 Å². The van der Waals surface area contributed by atoms with Crippen molar-refractivity contribution in [1.29, 1.82) is 0 Å². The van der Waals surface area contributed by atoms with Crippen molar-refractivity contribution in [3.05, 3.63) is 28.8 Å². The molecule has 1 fully saturated rings. The Hall–Kier alpha value is -0.820. The monoisotopic (exact) mass is 318 g/mol. The highest BCUT2D eigenvalue weighted by atomic mass is 35.5. The molecule has 1 atom stereocenters. The molecule has 0 saturated carbocycles. The highest BCUT2D eigenvalue weighted by Gasteiger charge is 2.24. The van der Waals surface area contributed by atoms with Crippen molar-refractivity contribution in [2.24, 2.45) is 0 Å². The van der Waals surface area contributed by atoms with Crippen LogP contribution in [0.2, 0.25) is 5.02 Å². The predicted molar refractivity (Wildman–Crippen MR) is 80.7 cm³/mol. The quantitative estimate of drug-likeness (QED) is 0.917. The summed E-state index contributed by atoms with van der Waals surface area (Å²) in [5, 5.41) is 10.1. The first-order valence-corrected chi connectivity index (χ1v) is 8.69. The number of halogens is 1. The second-order valence-corrected chi connectivity index (χ2v) is 7.43. The number of piperazine rings is 1. The molecule has 1 aliphatic heterocycles. The van der Waals surface area contributed by atoms with E-state index in [1.165, 1.54) is 10.6 Å². The molecule has 1 aromatic rings. The predicted octanol–water partition coefficient (Wildman–Crippen LogP) is 1.47. The van der Waals surface area contributed by atoms with E-state index >= 15 is 0 Å². The Balaban J connectivity index is 2.11. The first kappa shape index (κ1) is 15.6. The third-order valence-electron chi connectivity index (χ3n) is 3.50. The van der Waals surface area contributed by atoms with Crippen molar-refractivity contribution in [3.63, 3.8) is 0 Å². The maximum absolute atomic E-state index is 11.5. The zero-order valence-electron chi connectivity index (χ0n) is 11.6. The second-order valence-electron chi connectivity index (χ2n) is 5.04. The van der Waals surface area contributed by atoms with E-state index in [9.17, 15) is 13.5 Å². The zero-order valence-corrected chi connectivity index (χ0v) is 13.2. The van der Waals surface area contributed by atoms with Gasteiger partial charge in [0.25, 0.3) is 0 Å². The summed E-state index contributed by atoms with van der Waals surface area (Å²) in [7, 11) is -3.12. The van der Waals surface area contributed by atoms with Crippen LogP contribution in [-0.4, -0.2) is 50.3 Å². The fourth-order valence-electron chi connectivity index (χ4n) is 2.30. The van der Waals surface area contributed by atoms with Crippen LogP contribution in [0.15, 0.2) is 18.2 Å². The van der Waals surface area contributed by atoms with Crippen molar-refractivity contribution < 1.29 is 13.5 Å². The first-order valence-electron chi connectivity index (χ1n) is 6.46. The van der Waals surface area contributed by atoms with Crippen LogP contribution in [0.5, 0.6) is 0 Å². The molecule has 0 radical (unpaired) electrons. The second kappa shape index (κ2) is 5.89. The molecular formula is C13H19ClN2O3S. The summed E-state index contributed by atoms with van der Waals surface area (Å²) in [6, 6.07) is 5.47. The minimum Gasteiger partial charge on any atom is -0.389 e. The molecule has 0 aromatic heterocycles. The number of sulfonamides is 1. The summed E-state index contributed by atoms with van der Waals surface area (Å²) in [5.41, 5.74) is 1.65. The molecule has 5 nitrogen and oxygen atoms in total. The smallest absolute Gasteiger partial charge is 0.211 e. The van der Waals surface area contributed by atoms with Crippen molar-refractivity contribution >= 4 is 27.3 Å². The number of anilines is 1. The molecule has 1 aliphatic rings. The summed E-state index contributed by atoms with van der Waals surface area (Å²) in [6.07, 6.45) is 0.677. The lowest BCUT2D eigenvalue weighted by Gasteiger charge is -2.35. The lowest BCUT2D eigenvalue weighted by atomic mass is 10.1. The summed E-state index contributed by atoms with van der Waals surface area (Å²) < 4.78 is 24.4. The van der Waals surface area contributed by atoms with Gasteiger partial charge in [-0.1, -0.05) is 17.7 Å². The molecule has 1 unspecified atom stereocenters. The van der Waals surface area contributed by atoms with Crippen molar-refractivity contribution in [1.82, 2.24) is 4.31 Å². The van der Waals surface area contributed by atoms with Crippen LogP contribution in [-0.2, 0) is 10.0 Å². The number of hydrogen-bond acceptors (Lipinski definition) is 4. The number of nitrogens with zero attached hydrogens (tertiary/aromatic N) is 2. The van der Waals surface area contributed by atoms with Gasteiger partial charge in [-0.15, -0.1) is 0 Å². The van der Waals surface area contributed by atoms with Gasteiger partial charge in [0.2, 0.25) is 10.0 Å². The van der Waals surface area contributed by atoms with E-state index < -0.39 is 16.1 Å². The van der Waals surface area contributed by atoms with Crippen LogP contribution < -0.4 is 4.90 Å². The highest BCUT2D eigenvalue weighted by Crippen LogP contribution is 2.29. The third kappa shape index (κ3) is 3.44. The fraction of sp³-hybridized carbons (Fsp3) is 0.538. The molecule has 112 valence electrons. The Morgan fingerprint density at radius 3 is 2.30 bits per heavy atom. The van der Waals surface area contributed by atoms with E-state index in [0.717, 1.165) is 11.3 Å². The summed E-state index contributed by atoms with van der Waals surface area (Å²) in [6.45, 7) is 3.85. The number of hydrogen-bond donors (Lipinski definition) is 1. The molecule has 0 bridgehead atoms. The molecule has 1 saturated heterocycles. The molecule has 1 heterocycles. The van der Waals surface area contributed by atoms with E-state index in [0.29, 0.717) is 31.2 Å². The number of aliphatic hydroxyl groups excluding tert-OH is 1. The minimum atomic E-state index is -3.12. The van der Waals surface area contributed by atoms with E-state index in [-0.39, 0.29) is 0 Å². The van der Waals surface area contributed by atoms with Crippen molar-refractivity contribution in [2.45, 2.75) is 13.0 Å². The lowest BCUT2D eigenvalue weighted by Crippen LogP contribution is -2.48. The summed E-state index contributed by atoms with van der Waals surface area (Å²) in [5.74, 6) is 0. The van der Waals surface area contributed by atoms with Gasteiger partial charge in [0.1, 0.15) is 0 Å². The van der Waals surface area contributed by atoms with Gasteiger partial charge in [0.15, 0.2) is 0 Å². The normalized spacial score (nSPS) is 19.1. The summed E-state index contributed by atoms with van der Waals surface area (Å²) in [4.78, 5) is 2.07. The molecular weight excluding hydrogens is 300 g/mol. The minimum absolute atomic E-state index is 0.466. The van der Waals surface area contributed by atoms with Gasteiger partial charge in [-0.05, 0) is 24.6 Å². The third-order valence-corrected chi connectivity index (χ3v) is 5.11. The number of aliphatic hydroxyl groups is 1. The molecule has 7 heteroatoms. The van der Waals surface area contributed by atoms with Crippen LogP contribution in [0, 0.1) is 0 Å². The molecule has 0 amide bonds. The highest BCUT2D eigenvalue weighted by molar-refractivity contribution is 7.88. The lowest BCUT2D eigenvalue weighted by molar-refractivity contribution is 0.199. The van der Waals surface area contributed by atoms with E-state index in [1.807, 2.05) is 12.1 Å². The van der Waals surface area contributed by atoms with E-state index in [4.69, 9.17) is 11.6 Å². The van der Waals surface area contributed by atoms with Gasteiger partial charge in [-0.3, -0.25) is 0 Å². The van der Waals surface area contributed by atoms with Gasteiger partial charge in [0, 0.05) is 26.2 Å². The zero-order chi connectivity index (χ0) is 14.9. The largest absolute Gasteiger partial charge is 0.389 e. The Morgan fingerprint density at radius 1 is 1.25 bits per heavy atom. The maximum atomic E-state index is 11.5. The first-order chi connectivity index (χ1) is 9.29. The van der Waals surface area contributed by atoms with E-state index in [2.05, 4.69) is 4.90 Å². The average molecular weight is 319 g/mol. The van der Waals surface area contributed by atoms with Gasteiger partial charge in [-0.25, -0.2) is 8.42 Å². The maximum Gasteiger partial charge on any atom is 0.211 e.